The lowest BCUT2D eigenvalue weighted by atomic mass is 10.1. The Labute approximate surface area is 110 Å². The number of ether oxygens (including phenoxy) is 1. The van der Waals surface area contributed by atoms with Crippen LogP contribution >= 0.6 is 0 Å². The fourth-order valence-electron chi connectivity index (χ4n) is 1.75. The lowest BCUT2D eigenvalue weighted by molar-refractivity contribution is 0.0816. The van der Waals surface area contributed by atoms with Crippen LogP contribution in [0.25, 0.3) is 0 Å². The molecule has 2 rings (SSSR count). The maximum atomic E-state index is 11.6. The van der Waals surface area contributed by atoms with E-state index in [1.165, 1.54) is 6.82 Å². The number of carbonyl (C=O) groups excluding carboxylic acids is 1. The first-order valence-electron chi connectivity index (χ1n) is 5.66. The van der Waals surface area contributed by atoms with Crippen LogP contribution < -0.4 is 0 Å². The maximum Gasteiger partial charge on any atom is 0.254 e. The summed E-state index contributed by atoms with van der Waals surface area (Å²) in [6.07, 6.45) is 0. The number of nitrogens with zero attached hydrogens (tertiary/aromatic N) is 1. The molecule has 18 heavy (non-hydrogen) atoms. The molecule has 0 aliphatic carbocycles. The van der Waals surface area contributed by atoms with Crippen molar-refractivity contribution < 1.29 is 9.53 Å². The molecule has 3 nitrogen and oxygen atoms in total. The fourth-order valence-corrected chi connectivity index (χ4v) is 1.75. The first-order valence-corrected chi connectivity index (χ1v) is 5.66. The molecule has 0 spiro atoms. The zero-order valence-electron chi connectivity index (χ0n) is 11.0. The summed E-state index contributed by atoms with van der Waals surface area (Å²) in [5.74, 6) is 5.98. The standard InChI is InChI=1S/C13H13NO2.CH3B/c1-14-9-11-8-10(4-3-7-16-2)5-6-12(11)13(14)15;1-2/h5-6,8H,7,9H2,1-2H3;1H3. The Balaban J connectivity index is 0.000000771. The van der Waals surface area contributed by atoms with Gasteiger partial charge in [0.2, 0.25) is 0 Å². The number of fused-ring (bicyclic) bond motifs is 1. The van der Waals surface area contributed by atoms with Crippen molar-refractivity contribution in [3.8, 4) is 11.8 Å². The van der Waals surface area contributed by atoms with Gasteiger partial charge in [-0.1, -0.05) is 18.7 Å². The highest BCUT2D eigenvalue weighted by molar-refractivity contribution is 6.05. The van der Waals surface area contributed by atoms with Crippen molar-refractivity contribution in [2.24, 2.45) is 0 Å². The molecule has 2 radical (unpaired) electrons. The third-order valence-corrected chi connectivity index (χ3v) is 2.54. The second-order valence-electron chi connectivity index (χ2n) is 3.77. The van der Waals surface area contributed by atoms with Crippen molar-refractivity contribution in [1.82, 2.24) is 4.90 Å². The van der Waals surface area contributed by atoms with Crippen LogP contribution in [0.15, 0.2) is 18.2 Å². The van der Waals surface area contributed by atoms with Crippen molar-refractivity contribution >= 4 is 13.8 Å². The predicted octanol–water partition coefficient (Wildman–Crippen LogP) is 1.47. The predicted molar refractivity (Wildman–Crippen MR) is 72.6 cm³/mol. The number of benzene rings is 1. The van der Waals surface area contributed by atoms with E-state index in [0.717, 1.165) is 16.7 Å². The largest absolute Gasteiger partial charge is 0.372 e. The van der Waals surface area contributed by atoms with Crippen LogP contribution in [-0.2, 0) is 11.3 Å². The van der Waals surface area contributed by atoms with Crippen LogP contribution in [0.1, 0.15) is 21.5 Å². The van der Waals surface area contributed by atoms with Crippen LogP contribution in [0.4, 0.5) is 0 Å². The van der Waals surface area contributed by atoms with E-state index < -0.39 is 0 Å². The molecular weight excluding hydrogens is 225 g/mol. The minimum atomic E-state index is 0.0893. The van der Waals surface area contributed by atoms with Crippen molar-refractivity contribution in [1.29, 1.82) is 0 Å². The number of methoxy groups -OCH3 is 1. The van der Waals surface area contributed by atoms with Gasteiger partial charge in [0.1, 0.15) is 6.61 Å². The summed E-state index contributed by atoms with van der Waals surface area (Å²) in [6, 6.07) is 5.69. The third-order valence-electron chi connectivity index (χ3n) is 2.54. The molecule has 1 aliphatic heterocycles. The summed E-state index contributed by atoms with van der Waals surface area (Å²) >= 11 is 0. The number of rotatable bonds is 1. The zero-order valence-corrected chi connectivity index (χ0v) is 11.0. The lowest BCUT2D eigenvalue weighted by Gasteiger charge is -2.04. The van der Waals surface area contributed by atoms with Crippen LogP contribution in [0.3, 0.4) is 0 Å². The van der Waals surface area contributed by atoms with E-state index in [0.29, 0.717) is 13.2 Å². The first kappa shape index (κ1) is 14.3. The minimum Gasteiger partial charge on any atom is -0.372 e. The van der Waals surface area contributed by atoms with Gasteiger partial charge in [0, 0.05) is 31.8 Å². The summed E-state index contributed by atoms with van der Waals surface area (Å²) in [7, 11) is 7.92. The van der Waals surface area contributed by atoms with Crippen LogP contribution in [0.5, 0.6) is 0 Å². The Morgan fingerprint density at radius 2 is 2.17 bits per heavy atom. The summed E-state index contributed by atoms with van der Waals surface area (Å²) in [4.78, 5) is 13.3. The monoisotopic (exact) mass is 241 g/mol. The molecule has 0 saturated carbocycles. The molecule has 0 N–H and O–H groups in total. The van der Waals surface area contributed by atoms with Gasteiger partial charge in [-0.15, -0.1) is 0 Å². The summed E-state index contributed by atoms with van der Waals surface area (Å²) in [5, 5.41) is 0. The van der Waals surface area contributed by atoms with E-state index in [2.05, 4.69) is 19.7 Å². The van der Waals surface area contributed by atoms with E-state index in [-0.39, 0.29) is 5.91 Å². The molecule has 0 saturated heterocycles. The minimum absolute atomic E-state index is 0.0893. The van der Waals surface area contributed by atoms with Crippen LogP contribution in [0.2, 0.25) is 6.82 Å². The number of hydrogen-bond donors (Lipinski definition) is 0. The molecule has 92 valence electrons. The molecule has 4 heteroatoms. The van der Waals surface area contributed by atoms with Crippen LogP contribution in [-0.4, -0.2) is 39.4 Å². The Kier molecular flexibility index (Phi) is 5.48. The van der Waals surface area contributed by atoms with Gasteiger partial charge in [-0.2, -0.15) is 0 Å². The lowest BCUT2D eigenvalue weighted by Crippen LogP contribution is -2.17. The Morgan fingerprint density at radius 1 is 1.44 bits per heavy atom. The van der Waals surface area contributed by atoms with Crippen molar-refractivity contribution in [2.45, 2.75) is 13.4 Å². The van der Waals surface area contributed by atoms with E-state index >= 15 is 0 Å². The van der Waals surface area contributed by atoms with Crippen LogP contribution in [0, 0.1) is 11.8 Å². The van der Waals surface area contributed by atoms with Gasteiger partial charge in [0.05, 0.1) is 7.85 Å². The van der Waals surface area contributed by atoms with Crippen molar-refractivity contribution in [3.05, 3.63) is 34.9 Å². The van der Waals surface area contributed by atoms with E-state index in [9.17, 15) is 4.79 Å². The average molecular weight is 241 g/mol. The second-order valence-corrected chi connectivity index (χ2v) is 3.77. The quantitative estimate of drug-likeness (QED) is 0.550. The molecule has 1 aromatic carbocycles. The normalized spacial score (nSPS) is 12.2. The molecule has 0 aromatic heterocycles. The topological polar surface area (TPSA) is 29.5 Å². The first-order chi connectivity index (χ1) is 8.72. The molecule has 1 amide bonds. The van der Waals surface area contributed by atoms with Gasteiger partial charge in [0.15, 0.2) is 0 Å². The van der Waals surface area contributed by atoms with Gasteiger partial charge in [-0.25, -0.2) is 0 Å². The maximum absolute atomic E-state index is 11.6. The molecule has 1 heterocycles. The van der Waals surface area contributed by atoms with Gasteiger partial charge in [-0.3, -0.25) is 4.79 Å². The molecule has 0 unspecified atom stereocenters. The number of carbonyl (C=O) groups is 1. The highest BCUT2D eigenvalue weighted by Crippen LogP contribution is 2.22. The Morgan fingerprint density at radius 3 is 2.83 bits per heavy atom. The summed E-state index contributed by atoms with van der Waals surface area (Å²) < 4.78 is 4.85. The van der Waals surface area contributed by atoms with Crippen molar-refractivity contribution in [2.75, 3.05) is 20.8 Å². The highest BCUT2D eigenvalue weighted by Gasteiger charge is 2.23. The molecule has 0 fully saturated rings. The van der Waals surface area contributed by atoms with Crippen molar-refractivity contribution in [3.63, 3.8) is 0 Å². The summed E-state index contributed by atoms with van der Waals surface area (Å²) in [5.41, 5.74) is 2.77. The smallest absolute Gasteiger partial charge is 0.254 e. The van der Waals surface area contributed by atoms with E-state index in [4.69, 9.17) is 4.74 Å². The highest BCUT2D eigenvalue weighted by atomic mass is 16.5. The van der Waals surface area contributed by atoms with E-state index in [1.807, 2.05) is 18.2 Å². The SMILES string of the molecule is COCC#Cc1ccc2c(c1)CN(C)C2=O.[B]C. The van der Waals surface area contributed by atoms with Gasteiger partial charge in [-0.05, 0) is 23.8 Å². The van der Waals surface area contributed by atoms with Gasteiger partial charge >= 0.3 is 0 Å². The number of hydrogen-bond acceptors (Lipinski definition) is 2. The fraction of sp³-hybridized carbons (Fsp3) is 0.357. The molecule has 0 atom stereocenters. The summed E-state index contributed by atoms with van der Waals surface area (Å²) in [6.45, 7) is 2.60. The van der Waals surface area contributed by atoms with Gasteiger partial charge in [0.25, 0.3) is 5.91 Å². The Bertz CT molecular complexity index is 488. The Hall–Kier alpha value is -1.73. The molecule has 1 aliphatic rings. The second kappa shape index (κ2) is 6.88. The average Bonchev–Trinajstić information content (AvgIpc) is 2.68. The molecule has 1 aromatic rings. The van der Waals surface area contributed by atoms with E-state index in [1.54, 1.807) is 19.1 Å². The third kappa shape index (κ3) is 3.15. The number of amides is 1. The van der Waals surface area contributed by atoms with Gasteiger partial charge < -0.3 is 9.64 Å². The molecular formula is C14H16BNO2. The molecule has 0 bridgehead atoms. The zero-order chi connectivity index (χ0) is 13.5.